The molecule has 1 aromatic carbocycles. The van der Waals surface area contributed by atoms with Gasteiger partial charge in [0.2, 0.25) is 0 Å². The summed E-state index contributed by atoms with van der Waals surface area (Å²) in [6, 6.07) is 5.82. The van der Waals surface area contributed by atoms with E-state index in [-0.39, 0.29) is 5.97 Å². The lowest BCUT2D eigenvalue weighted by Gasteiger charge is -2.20. The van der Waals surface area contributed by atoms with E-state index in [1.807, 2.05) is 45.0 Å². The molecule has 0 radical (unpaired) electrons. The number of ether oxygens (including phenoxy) is 2. The highest BCUT2D eigenvalue weighted by Crippen LogP contribution is 2.24. The summed E-state index contributed by atoms with van der Waals surface area (Å²) in [5, 5.41) is 0. The Morgan fingerprint density at radius 1 is 1.36 bits per heavy atom. The highest BCUT2D eigenvalue weighted by molar-refractivity contribution is 14.1. The quantitative estimate of drug-likeness (QED) is 0.271. The minimum Gasteiger partial charge on any atom is -0.496 e. The molecular weight excluding hydrogens is 415 g/mol. The van der Waals surface area contributed by atoms with Gasteiger partial charge in [-0.1, -0.05) is 6.07 Å². The lowest BCUT2D eigenvalue weighted by atomic mass is 10.1. The number of hydrogen-bond acceptors (Lipinski definition) is 3. The molecule has 0 aliphatic heterocycles. The van der Waals surface area contributed by atoms with E-state index in [4.69, 9.17) is 21.1 Å². The second-order valence-corrected chi connectivity index (χ2v) is 7.40. The van der Waals surface area contributed by atoms with E-state index in [1.54, 1.807) is 7.11 Å². The van der Waals surface area contributed by atoms with Crippen LogP contribution in [0, 0.1) is 3.57 Å². The summed E-state index contributed by atoms with van der Waals surface area (Å²) >= 11 is 7.96. The maximum absolute atomic E-state index is 12.3. The number of alkyl halides is 1. The second kappa shape index (κ2) is 8.77. The number of halogens is 2. The van der Waals surface area contributed by atoms with Gasteiger partial charge >= 0.3 is 5.97 Å². The van der Waals surface area contributed by atoms with Gasteiger partial charge in [-0.05, 0) is 80.0 Å². The van der Waals surface area contributed by atoms with Crippen LogP contribution in [-0.2, 0) is 9.53 Å². The molecule has 0 atom stereocenters. The smallest absolute Gasteiger partial charge is 0.334 e. The van der Waals surface area contributed by atoms with Gasteiger partial charge in [0.1, 0.15) is 11.4 Å². The van der Waals surface area contributed by atoms with Crippen LogP contribution in [0.1, 0.15) is 39.2 Å². The third-order valence-corrected chi connectivity index (χ3v) is 3.92. The Kier molecular flexibility index (Phi) is 7.69. The van der Waals surface area contributed by atoms with Crippen molar-refractivity contribution in [3.8, 4) is 5.75 Å². The van der Waals surface area contributed by atoms with Crippen molar-refractivity contribution in [3.05, 3.63) is 32.9 Å². The normalized spacial score (nSPS) is 12.2. The fourth-order valence-corrected chi connectivity index (χ4v) is 2.49. The van der Waals surface area contributed by atoms with Gasteiger partial charge in [-0.2, -0.15) is 0 Å². The van der Waals surface area contributed by atoms with Crippen molar-refractivity contribution in [1.29, 1.82) is 0 Å². The van der Waals surface area contributed by atoms with Crippen molar-refractivity contribution >= 4 is 46.2 Å². The van der Waals surface area contributed by atoms with Crippen LogP contribution in [0.4, 0.5) is 0 Å². The first-order chi connectivity index (χ1) is 10.3. The zero-order valence-electron chi connectivity index (χ0n) is 13.4. The Hall–Kier alpha value is -0.750. The first-order valence-corrected chi connectivity index (χ1v) is 8.71. The van der Waals surface area contributed by atoms with E-state index in [1.165, 1.54) is 0 Å². The molecule has 22 heavy (non-hydrogen) atoms. The van der Waals surface area contributed by atoms with Crippen molar-refractivity contribution < 1.29 is 14.3 Å². The number of carbonyl (C=O) groups excluding carboxylic acids is 1. The maximum atomic E-state index is 12.3. The van der Waals surface area contributed by atoms with Crippen LogP contribution >= 0.6 is 34.2 Å². The van der Waals surface area contributed by atoms with E-state index in [2.05, 4.69) is 22.6 Å². The van der Waals surface area contributed by atoms with Crippen LogP contribution < -0.4 is 4.74 Å². The lowest BCUT2D eigenvalue weighted by Crippen LogP contribution is -2.25. The van der Waals surface area contributed by atoms with Gasteiger partial charge in [0.25, 0.3) is 0 Å². The largest absolute Gasteiger partial charge is 0.496 e. The van der Waals surface area contributed by atoms with E-state index in [0.717, 1.165) is 21.3 Å². The zero-order chi connectivity index (χ0) is 16.8. The molecule has 122 valence electrons. The Morgan fingerprint density at radius 3 is 2.59 bits per heavy atom. The Bertz CT molecular complexity index is 547. The molecule has 0 saturated carbocycles. The highest BCUT2D eigenvalue weighted by Gasteiger charge is 2.19. The minimum absolute atomic E-state index is 0.296. The van der Waals surface area contributed by atoms with Gasteiger partial charge in [0.05, 0.1) is 10.7 Å². The molecule has 0 bridgehead atoms. The number of hydrogen-bond donors (Lipinski definition) is 0. The third kappa shape index (κ3) is 6.57. The average Bonchev–Trinajstić information content (AvgIpc) is 2.43. The van der Waals surface area contributed by atoms with Gasteiger partial charge in [-0.15, -0.1) is 11.6 Å². The summed E-state index contributed by atoms with van der Waals surface area (Å²) in [5.41, 5.74) is 1.02. The van der Waals surface area contributed by atoms with E-state index in [0.29, 0.717) is 17.9 Å². The molecular formula is C17H22ClIO3. The number of carbonyl (C=O) groups is 1. The first-order valence-electron chi connectivity index (χ1n) is 7.10. The molecule has 3 nitrogen and oxygen atoms in total. The van der Waals surface area contributed by atoms with Crippen molar-refractivity contribution in [2.45, 2.75) is 39.2 Å². The molecule has 0 spiro atoms. The fraction of sp³-hybridized carbons (Fsp3) is 0.471. The van der Waals surface area contributed by atoms with Crippen LogP contribution in [0.25, 0.3) is 6.08 Å². The summed E-state index contributed by atoms with van der Waals surface area (Å²) in [6.07, 6.45) is 3.17. The van der Waals surface area contributed by atoms with Crippen molar-refractivity contribution in [1.82, 2.24) is 0 Å². The van der Waals surface area contributed by atoms with Crippen LogP contribution in [0.5, 0.6) is 5.75 Å². The molecule has 0 saturated heterocycles. The standard InChI is InChI=1S/C17H22ClIO3/c1-17(2,3)22-16(20)13(6-5-9-18)10-12-7-8-14(19)15(11-12)21-4/h7-8,10-11H,5-6,9H2,1-4H3/b13-10+. The Balaban J connectivity index is 3.07. The second-order valence-electron chi connectivity index (χ2n) is 5.86. The van der Waals surface area contributed by atoms with Crippen LogP contribution in [0.2, 0.25) is 0 Å². The van der Waals surface area contributed by atoms with Crippen molar-refractivity contribution in [2.24, 2.45) is 0 Å². The topological polar surface area (TPSA) is 35.5 Å². The number of benzene rings is 1. The summed E-state index contributed by atoms with van der Waals surface area (Å²) in [7, 11) is 1.63. The van der Waals surface area contributed by atoms with Gasteiger partial charge in [-0.25, -0.2) is 4.79 Å². The number of esters is 1. The number of methoxy groups -OCH3 is 1. The monoisotopic (exact) mass is 436 g/mol. The van der Waals surface area contributed by atoms with E-state index in [9.17, 15) is 4.79 Å². The molecule has 1 rings (SSSR count). The van der Waals surface area contributed by atoms with Crippen molar-refractivity contribution in [3.63, 3.8) is 0 Å². The predicted molar refractivity (Wildman–Crippen MR) is 99.5 cm³/mol. The summed E-state index contributed by atoms with van der Waals surface area (Å²) in [4.78, 5) is 12.3. The molecule has 0 amide bonds. The maximum Gasteiger partial charge on any atom is 0.334 e. The molecule has 0 aliphatic carbocycles. The lowest BCUT2D eigenvalue weighted by molar-refractivity contribution is -0.149. The van der Waals surface area contributed by atoms with Crippen molar-refractivity contribution in [2.75, 3.05) is 13.0 Å². The van der Waals surface area contributed by atoms with Crippen LogP contribution in [0.15, 0.2) is 23.8 Å². The predicted octanol–water partition coefficient (Wildman–Crippen LogP) is 5.04. The average molecular weight is 437 g/mol. The van der Waals surface area contributed by atoms with Gasteiger partial charge in [0, 0.05) is 11.5 Å². The number of rotatable bonds is 6. The van der Waals surface area contributed by atoms with Gasteiger partial charge in [0.15, 0.2) is 0 Å². The summed E-state index contributed by atoms with van der Waals surface area (Å²) in [5.74, 6) is 1.00. The molecule has 0 N–H and O–H groups in total. The highest BCUT2D eigenvalue weighted by atomic mass is 127. The van der Waals surface area contributed by atoms with Crippen LogP contribution in [0.3, 0.4) is 0 Å². The molecule has 5 heteroatoms. The third-order valence-electron chi connectivity index (χ3n) is 2.76. The Morgan fingerprint density at radius 2 is 2.05 bits per heavy atom. The molecule has 0 fully saturated rings. The fourth-order valence-electron chi connectivity index (χ4n) is 1.80. The summed E-state index contributed by atoms with van der Waals surface area (Å²) in [6.45, 7) is 5.58. The summed E-state index contributed by atoms with van der Waals surface area (Å²) < 4.78 is 11.8. The van der Waals surface area contributed by atoms with E-state index < -0.39 is 5.60 Å². The molecule has 0 aromatic heterocycles. The molecule has 0 unspecified atom stereocenters. The Labute approximate surface area is 151 Å². The molecule has 1 aromatic rings. The van der Waals surface area contributed by atoms with Gasteiger partial charge < -0.3 is 9.47 Å². The minimum atomic E-state index is -0.513. The van der Waals surface area contributed by atoms with E-state index >= 15 is 0 Å². The van der Waals surface area contributed by atoms with Crippen LogP contribution in [-0.4, -0.2) is 24.6 Å². The molecule has 0 aliphatic rings. The zero-order valence-corrected chi connectivity index (χ0v) is 16.3. The van der Waals surface area contributed by atoms with Gasteiger partial charge in [-0.3, -0.25) is 0 Å². The molecule has 0 heterocycles. The SMILES string of the molecule is COc1cc(/C=C(\CCCCl)C(=O)OC(C)(C)C)ccc1I. The first kappa shape index (κ1) is 19.3.